The monoisotopic (exact) mass is 855 g/mol. The number of benzene rings is 3. The van der Waals surface area contributed by atoms with E-state index in [1.165, 1.54) is 18.9 Å². The molecule has 2 saturated heterocycles. The molecule has 0 spiro atoms. The van der Waals surface area contributed by atoms with Crippen molar-refractivity contribution in [3.05, 3.63) is 100 Å². The van der Waals surface area contributed by atoms with Gasteiger partial charge < -0.3 is 30.9 Å². The van der Waals surface area contributed by atoms with E-state index in [1.807, 2.05) is 55.4 Å². The van der Waals surface area contributed by atoms with Gasteiger partial charge in [-0.1, -0.05) is 48.5 Å². The summed E-state index contributed by atoms with van der Waals surface area (Å²) in [6.07, 6.45) is 1.41. The summed E-state index contributed by atoms with van der Waals surface area (Å²) in [6.45, 7) is 9.90. The largest absolute Gasteiger partial charge is 0.495 e. The van der Waals surface area contributed by atoms with Crippen molar-refractivity contribution in [2.45, 2.75) is 87.8 Å². The fourth-order valence-corrected chi connectivity index (χ4v) is 9.62. The molecule has 4 amide bonds. The van der Waals surface area contributed by atoms with Gasteiger partial charge in [0.1, 0.15) is 17.8 Å². The number of carbonyl (C=O) groups is 4. The molecule has 12 nitrogen and oxygen atoms in total. The Morgan fingerprint density at radius 2 is 1.67 bits per heavy atom. The second kappa shape index (κ2) is 18.3. The second-order valence-electron chi connectivity index (χ2n) is 16.5. The van der Waals surface area contributed by atoms with Crippen LogP contribution < -0.4 is 21.1 Å². The molecule has 60 heavy (non-hydrogen) atoms. The minimum Gasteiger partial charge on any atom is -0.495 e. The predicted molar refractivity (Wildman–Crippen MR) is 234 cm³/mol. The number of ether oxygens (including phenoxy) is 1. The Labute approximate surface area is 359 Å². The maximum absolute atomic E-state index is 15.1. The standard InChI is InChI=1S/C45H54FN7O5S2/c1-29-38(59-28-49-29)33-13-11-30(12-14-33)25-48-40(54)36-6-5-19-53(36)42(56)39(50-43(57)45(46)17-18-45)44(2,3)60-27-32-9-7-31(8-10-32)26-51-20-22-52(23-21-51)41(55)34-15-16-35(47)37(24-34)58-4/h7-16,24,28,36,39H,5-6,17-23,25-27,47H2,1-4H3,(H,48,54)(H,50,57)/t36?,39-/m1/s1. The van der Waals surface area contributed by atoms with E-state index in [0.29, 0.717) is 61.8 Å². The van der Waals surface area contributed by atoms with E-state index >= 15 is 4.39 Å². The molecule has 7 rings (SSSR count). The van der Waals surface area contributed by atoms with Gasteiger partial charge in [0.15, 0.2) is 5.67 Å². The number of likely N-dealkylation sites (tertiary alicyclic amines) is 1. The summed E-state index contributed by atoms with van der Waals surface area (Å²) in [7, 11) is 1.53. The minimum atomic E-state index is -1.96. The lowest BCUT2D eigenvalue weighted by atomic mass is 10.00. The van der Waals surface area contributed by atoms with E-state index in [1.54, 1.807) is 34.4 Å². The van der Waals surface area contributed by atoms with E-state index in [4.69, 9.17) is 10.5 Å². The van der Waals surface area contributed by atoms with Crippen LogP contribution in [-0.2, 0) is 33.2 Å². The van der Waals surface area contributed by atoms with Crippen molar-refractivity contribution in [1.29, 1.82) is 0 Å². The van der Waals surface area contributed by atoms with Crippen molar-refractivity contribution in [2.75, 3.05) is 45.6 Å². The molecule has 15 heteroatoms. The summed E-state index contributed by atoms with van der Waals surface area (Å²) in [5.74, 6) is -0.403. The van der Waals surface area contributed by atoms with Gasteiger partial charge >= 0.3 is 0 Å². The van der Waals surface area contributed by atoms with Crippen molar-refractivity contribution in [3.8, 4) is 16.2 Å². The maximum Gasteiger partial charge on any atom is 0.258 e. The summed E-state index contributed by atoms with van der Waals surface area (Å²) >= 11 is 3.10. The zero-order valence-corrected chi connectivity index (χ0v) is 36.3. The van der Waals surface area contributed by atoms with E-state index in [9.17, 15) is 19.2 Å². The molecule has 1 aromatic heterocycles. The van der Waals surface area contributed by atoms with Gasteiger partial charge in [-0.25, -0.2) is 9.37 Å². The number of anilines is 1. The molecule has 3 aliphatic rings. The molecule has 4 N–H and O–H groups in total. The summed E-state index contributed by atoms with van der Waals surface area (Å²) in [5.41, 5.74) is 12.0. The number of aryl methyl sites for hydroxylation is 1. The highest BCUT2D eigenvalue weighted by Gasteiger charge is 2.53. The number of hydrogen-bond acceptors (Lipinski definition) is 10. The SMILES string of the molecule is COc1cc(C(=O)N2CCN(Cc3ccc(CSC(C)(C)[C@H](NC(=O)C4(F)CC4)C(=O)N4CCCC4C(=O)NCc4ccc(-c5scnc5C)cc4)cc3)CC2)ccc1N. The molecular formula is C45H54FN7O5S2. The van der Waals surface area contributed by atoms with Gasteiger partial charge in [0, 0.05) is 61.9 Å². The Morgan fingerprint density at radius 1 is 0.983 bits per heavy atom. The van der Waals surface area contributed by atoms with Crippen molar-refractivity contribution < 1.29 is 28.3 Å². The van der Waals surface area contributed by atoms with Crippen LogP contribution in [0.4, 0.5) is 10.1 Å². The van der Waals surface area contributed by atoms with Crippen molar-refractivity contribution in [1.82, 2.24) is 30.3 Å². The number of methoxy groups -OCH3 is 1. The minimum absolute atomic E-state index is 0.0417. The third kappa shape index (κ3) is 9.96. The van der Waals surface area contributed by atoms with Crippen LogP contribution in [0.25, 0.3) is 10.4 Å². The Kier molecular flexibility index (Phi) is 13.2. The molecule has 2 atom stereocenters. The number of nitrogens with zero attached hydrogens (tertiary/aromatic N) is 4. The molecule has 1 saturated carbocycles. The summed E-state index contributed by atoms with van der Waals surface area (Å²) in [4.78, 5) is 65.5. The molecule has 2 aliphatic heterocycles. The van der Waals surface area contributed by atoms with Gasteiger partial charge in [-0.15, -0.1) is 23.1 Å². The maximum atomic E-state index is 15.1. The van der Waals surface area contributed by atoms with Crippen LogP contribution in [0.3, 0.4) is 0 Å². The first-order valence-electron chi connectivity index (χ1n) is 20.5. The fraction of sp³-hybridized carbons (Fsp3) is 0.444. The highest BCUT2D eigenvalue weighted by molar-refractivity contribution is 7.99. The third-order valence-corrected chi connectivity index (χ3v) is 14.2. The molecule has 4 aromatic rings. The number of amides is 4. The first kappa shape index (κ1) is 43.1. The van der Waals surface area contributed by atoms with Gasteiger partial charge in [0.2, 0.25) is 11.8 Å². The molecule has 1 unspecified atom stereocenters. The molecule has 1 aliphatic carbocycles. The summed E-state index contributed by atoms with van der Waals surface area (Å²) in [6, 6.07) is 19.7. The number of alkyl halides is 1. The van der Waals surface area contributed by atoms with E-state index in [0.717, 1.165) is 52.5 Å². The number of hydrogen-bond donors (Lipinski definition) is 3. The van der Waals surface area contributed by atoms with Crippen LogP contribution >= 0.6 is 23.1 Å². The second-order valence-corrected chi connectivity index (χ2v) is 19.0. The first-order chi connectivity index (χ1) is 28.7. The number of rotatable bonds is 15. The number of aromatic nitrogens is 1. The molecule has 3 aromatic carbocycles. The summed E-state index contributed by atoms with van der Waals surface area (Å²) < 4.78 is 19.5. The van der Waals surface area contributed by atoms with Gasteiger partial charge in [0.25, 0.3) is 11.8 Å². The Morgan fingerprint density at radius 3 is 2.32 bits per heavy atom. The third-order valence-electron chi connectivity index (χ3n) is 11.8. The number of nitrogen functional groups attached to an aromatic ring is 1. The van der Waals surface area contributed by atoms with Crippen LogP contribution in [0.1, 0.15) is 72.3 Å². The van der Waals surface area contributed by atoms with Crippen molar-refractivity contribution >= 4 is 52.4 Å². The van der Waals surface area contributed by atoms with E-state index in [-0.39, 0.29) is 30.6 Å². The van der Waals surface area contributed by atoms with Crippen LogP contribution in [0, 0.1) is 6.92 Å². The smallest absolute Gasteiger partial charge is 0.258 e. The van der Waals surface area contributed by atoms with Gasteiger partial charge in [-0.05, 0) is 86.9 Å². The number of halogens is 1. The van der Waals surface area contributed by atoms with E-state index in [2.05, 4.69) is 44.8 Å². The lowest BCUT2D eigenvalue weighted by molar-refractivity contribution is -0.143. The average molecular weight is 856 g/mol. The Hall–Kier alpha value is -4.99. The number of carbonyl (C=O) groups excluding carboxylic acids is 4. The number of piperazine rings is 1. The first-order valence-corrected chi connectivity index (χ1v) is 22.4. The molecule has 3 heterocycles. The zero-order chi connectivity index (χ0) is 42.6. The fourth-order valence-electron chi connectivity index (χ4n) is 7.75. The van der Waals surface area contributed by atoms with E-state index < -0.39 is 28.4 Å². The normalized spacial score (nSPS) is 18.2. The highest BCUT2D eigenvalue weighted by atomic mass is 32.2. The quantitative estimate of drug-likeness (QED) is 0.123. The van der Waals surface area contributed by atoms with Gasteiger partial charge in [0.05, 0.1) is 28.9 Å². The molecule has 318 valence electrons. The lowest BCUT2D eigenvalue weighted by Gasteiger charge is -2.37. The number of thioether (sulfide) groups is 1. The number of thiazole rings is 1. The van der Waals surface area contributed by atoms with Crippen LogP contribution in [0.15, 0.2) is 72.2 Å². The average Bonchev–Trinajstić information content (AvgIpc) is 3.59. The molecule has 0 bridgehead atoms. The Bertz CT molecular complexity index is 2190. The number of nitrogens with one attached hydrogen (secondary N) is 2. The van der Waals surface area contributed by atoms with Gasteiger partial charge in [-0.2, -0.15) is 0 Å². The molecule has 0 radical (unpaired) electrons. The predicted octanol–water partition coefficient (Wildman–Crippen LogP) is 5.97. The molecule has 3 fully saturated rings. The topological polar surface area (TPSA) is 150 Å². The Balaban J connectivity index is 0.935. The number of nitrogens with two attached hydrogens (primary N) is 1. The van der Waals surface area contributed by atoms with Crippen LogP contribution in [-0.4, -0.2) is 106 Å². The summed E-state index contributed by atoms with van der Waals surface area (Å²) in [5, 5.41) is 5.81. The van der Waals surface area contributed by atoms with Crippen LogP contribution in [0.2, 0.25) is 0 Å². The van der Waals surface area contributed by atoms with Crippen molar-refractivity contribution in [2.24, 2.45) is 0 Å². The van der Waals surface area contributed by atoms with Gasteiger partial charge in [-0.3, -0.25) is 24.1 Å². The molecular weight excluding hydrogens is 802 g/mol. The van der Waals surface area contributed by atoms with Crippen molar-refractivity contribution in [3.63, 3.8) is 0 Å². The van der Waals surface area contributed by atoms with Crippen LogP contribution in [0.5, 0.6) is 5.75 Å². The lowest BCUT2D eigenvalue weighted by Crippen LogP contribution is -2.60. The highest BCUT2D eigenvalue weighted by Crippen LogP contribution is 2.41. The zero-order valence-electron chi connectivity index (χ0n) is 34.7.